The Kier molecular flexibility index (Phi) is 8.16. The van der Waals surface area contributed by atoms with Gasteiger partial charge in [0.25, 0.3) is 5.91 Å². The number of nitrogens with one attached hydrogen (secondary N) is 3. The summed E-state index contributed by atoms with van der Waals surface area (Å²) in [6.07, 6.45) is 1.61. The van der Waals surface area contributed by atoms with E-state index in [1.807, 2.05) is 61.5 Å². The predicted octanol–water partition coefficient (Wildman–Crippen LogP) is 4.34. The van der Waals surface area contributed by atoms with Crippen molar-refractivity contribution in [2.45, 2.75) is 6.92 Å². The zero-order valence-electron chi connectivity index (χ0n) is 17.8. The maximum atomic E-state index is 12.2. The van der Waals surface area contributed by atoms with Crippen molar-refractivity contribution < 1.29 is 14.3 Å². The second-order valence-corrected chi connectivity index (χ2v) is 7.22. The van der Waals surface area contributed by atoms with Crippen molar-refractivity contribution >= 4 is 40.8 Å². The number of para-hydroxylation sites is 1. The summed E-state index contributed by atoms with van der Waals surface area (Å²) in [5.74, 6) is 0.687. The maximum absolute atomic E-state index is 12.2. The molecule has 1 amide bonds. The number of hydrogen-bond acceptors (Lipinski definition) is 5. The van der Waals surface area contributed by atoms with Crippen molar-refractivity contribution in [1.29, 1.82) is 0 Å². The number of ether oxygens (including phenoxy) is 2. The van der Waals surface area contributed by atoms with Crippen LogP contribution in [0.5, 0.6) is 11.5 Å². The summed E-state index contributed by atoms with van der Waals surface area (Å²) in [6.45, 7) is 1.82. The molecule has 0 saturated carbocycles. The van der Waals surface area contributed by atoms with Crippen molar-refractivity contribution in [3.8, 4) is 11.5 Å². The predicted molar refractivity (Wildman–Crippen MR) is 132 cm³/mol. The molecule has 0 aliphatic carbocycles. The van der Waals surface area contributed by atoms with E-state index in [1.54, 1.807) is 24.4 Å². The molecule has 0 saturated heterocycles. The summed E-state index contributed by atoms with van der Waals surface area (Å²) in [7, 11) is 1.53. The van der Waals surface area contributed by atoms with Crippen molar-refractivity contribution in [3.63, 3.8) is 0 Å². The van der Waals surface area contributed by atoms with Crippen LogP contribution in [0, 0.1) is 6.92 Å². The highest BCUT2D eigenvalue weighted by Crippen LogP contribution is 2.27. The quantitative estimate of drug-likeness (QED) is 0.270. The largest absolute Gasteiger partial charge is 0.493 e. The van der Waals surface area contributed by atoms with E-state index in [1.165, 1.54) is 7.11 Å². The Morgan fingerprint density at radius 3 is 2.50 bits per heavy atom. The van der Waals surface area contributed by atoms with Gasteiger partial charge in [-0.3, -0.25) is 10.2 Å². The summed E-state index contributed by atoms with van der Waals surface area (Å²) in [5, 5.41) is 10.3. The van der Waals surface area contributed by atoms with Gasteiger partial charge in [-0.15, -0.1) is 0 Å². The zero-order chi connectivity index (χ0) is 22.8. The number of rotatable bonds is 8. The zero-order valence-corrected chi connectivity index (χ0v) is 18.6. The molecule has 3 aromatic rings. The van der Waals surface area contributed by atoms with E-state index in [0.29, 0.717) is 16.6 Å². The van der Waals surface area contributed by atoms with Gasteiger partial charge in [-0.05, 0) is 72.7 Å². The number of carbonyl (C=O) groups is 1. The van der Waals surface area contributed by atoms with Gasteiger partial charge in [-0.1, -0.05) is 30.3 Å². The van der Waals surface area contributed by atoms with Gasteiger partial charge < -0.3 is 20.1 Å². The summed E-state index contributed by atoms with van der Waals surface area (Å²) >= 11 is 5.22. The Hall–Kier alpha value is -3.91. The third kappa shape index (κ3) is 7.10. The SMILES string of the molecule is COc1cc(/C=N/NC(=S)Nc2ccccc2)ccc1OCC(=O)Nc1cccc(C)c1. The van der Waals surface area contributed by atoms with Crippen LogP contribution in [0.2, 0.25) is 0 Å². The van der Waals surface area contributed by atoms with E-state index in [-0.39, 0.29) is 12.5 Å². The van der Waals surface area contributed by atoms with Gasteiger partial charge in [-0.25, -0.2) is 0 Å². The molecule has 3 N–H and O–H groups in total. The van der Waals surface area contributed by atoms with Gasteiger partial charge in [0.2, 0.25) is 0 Å². The van der Waals surface area contributed by atoms with E-state index in [4.69, 9.17) is 21.7 Å². The average Bonchev–Trinajstić information content (AvgIpc) is 2.78. The molecular formula is C24H24N4O3S. The molecule has 3 rings (SSSR count). The number of hydrogen-bond donors (Lipinski definition) is 3. The molecule has 0 aliphatic rings. The molecular weight excluding hydrogens is 424 g/mol. The Labute approximate surface area is 192 Å². The molecule has 0 heterocycles. The molecule has 0 aliphatic heterocycles. The second kappa shape index (κ2) is 11.5. The molecule has 164 valence electrons. The van der Waals surface area contributed by atoms with Gasteiger partial charge in [0.15, 0.2) is 23.2 Å². The first-order valence-corrected chi connectivity index (χ1v) is 10.3. The van der Waals surface area contributed by atoms with E-state index in [9.17, 15) is 4.79 Å². The molecule has 0 aromatic heterocycles. The van der Waals surface area contributed by atoms with Gasteiger partial charge in [-0.2, -0.15) is 5.10 Å². The molecule has 0 spiro atoms. The van der Waals surface area contributed by atoms with Crippen molar-refractivity contribution in [1.82, 2.24) is 5.43 Å². The van der Waals surface area contributed by atoms with E-state index in [0.717, 1.165) is 22.5 Å². The topological polar surface area (TPSA) is 84.0 Å². The van der Waals surface area contributed by atoms with Crippen molar-refractivity contribution in [2.24, 2.45) is 5.10 Å². The third-order valence-electron chi connectivity index (χ3n) is 4.26. The minimum absolute atomic E-state index is 0.140. The lowest BCUT2D eigenvalue weighted by atomic mass is 10.2. The number of thiocarbonyl (C=S) groups is 1. The lowest BCUT2D eigenvalue weighted by Crippen LogP contribution is -2.23. The van der Waals surface area contributed by atoms with Crippen LogP contribution < -0.4 is 25.5 Å². The normalized spacial score (nSPS) is 10.4. The highest BCUT2D eigenvalue weighted by atomic mass is 32.1. The first-order chi connectivity index (χ1) is 15.5. The lowest BCUT2D eigenvalue weighted by Gasteiger charge is -2.12. The fourth-order valence-electron chi connectivity index (χ4n) is 2.79. The first-order valence-electron chi connectivity index (χ1n) is 9.86. The number of benzene rings is 3. The van der Waals surface area contributed by atoms with E-state index >= 15 is 0 Å². The fourth-order valence-corrected chi connectivity index (χ4v) is 2.96. The second-order valence-electron chi connectivity index (χ2n) is 6.81. The van der Waals surface area contributed by atoms with Gasteiger partial charge in [0.1, 0.15) is 0 Å². The average molecular weight is 449 g/mol. The Balaban J connectivity index is 1.52. The van der Waals surface area contributed by atoms with Gasteiger partial charge in [0.05, 0.1) is 13.3 Å². The molecule has 0 fully saturated rings. The number of carbonyl (C=O) groups excluding carboxylic acids is 1. The molecule has 8 heteroatoms. The molecule has 0 radical (unpaired) electrons. The van der Waals surface area contributed by atoms with Crippen LogP contribution >= 0.6 is 12.2 Å². The first kappa shape index (κ1) is 22.8. The Bertz CT molecular complexity index is 1100. The molecule has 0 unspecified atom stereocenters. The minimum atomic E-state index is -0.257. The van der Waals surface area contributed by atoms with Crippen molar-refractivity contribution in [2.75, 3.05) is 24.4 Å². The summed E-state index contributed by atoms with van der Waals surface area (Å²) < 4.78 is 11.0. The molecule has 32 heavy (non-hydrogen) atoms. The van der Waals surface area contributed by atoms with Crippen LogP contribution in [0.4, 0.5) is 11.4 Å². The summed E-state index contributed by atoms with van der Waals surface area (Å²) in [4.78, 5) is 12.2. The molecule has 0 bridgehead atoms. The van der Waals surface area contributed by atoms with E-state index < -0.39 is 0 Å². The molecule has 0 atom stereocenters. The summed E-state index contributed by atoms with van der Waals surface area (Å²) in [5.41, 5.74) is 6.20. The number of methoxy groups -OCH3 is 1. The van der Waals surface area contributed by atoms with Crippen LogP contribution in [-0.2, 0) is 4.79 Å². The van der Waals surface area contributed by atoms with Crippen molar-refractivity contribution in [3.05, 3.63) is 83.9 Å². The van der Waals surface area contributed by atoms with Crippen LogP contribution in [0.15, 0.2) is 77.9 Å². The van der Waals surface area contributed by atoms with E-state index in [2.05, 4.69) is 21.2 Å². The standard InChI is InChI=1S/C24H24N4O3S/c1-17-7-6-10-20(13-17)26-23(29)16-31-21-12-11-18(14-22(21)30-2)15-25-28-24(32)27-19-8-4-3-5-9-19/h3-15H,16H2,1-2H3,(H,26,29)(H2,27,28,32)/b25-15+. The highest BCUT2D eigenvalue weighted by molar-refractivity contribution is 7.80. The Morgan fingerprint density at radius 2 is 1.75 bits per heavy atom. The number of nitrogens with zero attached hydrogens (tertiary/aromatic N) is 1. The highest BCUT2D eigenvalue weighted by Gasteiger charge is 2.09. The number of hydrazone groups is 1. The molecule has 7 nitrogen and oxygen atoms in total. The molecule has 3 aromatic carbocycles. The van der Waals surface area contributed by atoms with Crippen LogP contribution in [0.25, 0.3) is 0 Å². The summed E-state index contributed by atoms with van der Waals surface area (Å²) in [6, 6.07) is 22.4. The number of aryl methyl sites for hydroxylation is 1. The number of anilines is 2. The van der Waals surface area contributed by atoms with Gasteiger partial charge in [0, 0.05) is 11.4 Å². The van der Waals surface area contributed by atoms with Crippen LogP contribution in [0.3, 0.4) is 0 Å². The lowest BCUT2D eigenvalue weighted by molar-refractivity contribution is -0.118. The number of amides is 1. The van der Waals surface area contributed by atoms with Crippen LogP contribution in [-0.4, -0.2) is 31.0 Å². The smallest absolute Gasteiger partial charge is 0.262 e. The monoisotopic (exact) mass is 448 g/mol. The fraction of sp³-hybridized carbons (Fsp3) is 0.125. The minimum Gasteiger partial charge on any atom is -0.493 e. The Morgan fingerprint density at radius 1 is 0.969 bits per heavy atom. The van der Waals surface area contributed by atoms with Crippen LogP contribution in [0.1, 0.15) is 11.1 Å². The third-order valence-corrected chi connectivity index (χ3v) is 4.45. The van der Waals surface area contributed by atoms with Gasteiger partial charge >= 0.3 is 0 Å². The maximum Gasteiger partial charge on any atom is 0.262 e.